The molecule has 8 nitrogen and oxygen atoms in total. The number of H-pyrrole nitrogens is 1. The molecule has 0 bridgehead atoms. The maximum absolute atomic E-state index is 13.2. The van der Waals surface area contributed by atoms with Crippen LogP contribution in [0.4, 0.5) is 4.39 Å². The highest BCUT2D eigenvalue weighted by Gasteiger charge is 2.09. The molecule has 1 aromatic carbocycles. The number of nitrogens with zero attached hydrogens (tertiary/aromatic N) is 5. The first-order chi connectivity index (χ1) is 12.2. The van der Waals surface area contributed by atoms with Gasteiger partial charge in [0.1, 0.15) is 24.3 Å². The Bertz CT molecular complexity index is 1020. The van der Waals surface area contributed by atoms with Gasteiger partial charge in [-0.25, -0.2) is 24.0 Å². The third-order valence-electron chi connectivity index (χ3n) is 3.57. The van der Waals surface area contributed by atoms with Crippen LogP contribution in [-0.2, 0) is 6.54 Å². The van der Waals surface area contributed by atoms with Crippen LogP contribution in [0.15, 0.2) is 49.2 Å². The molecule has 0 spiro atoms. The second-order valence-electron chi connectivity index (χ2n) is 5.27. The number of aromatic nitrogens is 6. The standard InChI is InChI=1S/C16H12FN7O/c17-11-2-3-12-13(5-11)23-14(22-12)7-20-16(25)10-1-4-15(19-6-10)24-9-18-8-21-24/h1-6,8-9H,7H2,(H,20,25)(H,22,23). The number of imidazole rings is 1. The monoisotopic (exact) mass is 337 g/mol. The Balaban J connectivity index is 1.44. The molecule has 9 heteroatoms. The second-order valence-corrected chi connectivity index (χ2v) is 5.27. The molecule has 0 aliphatic carbocycles. The van der Waals surface area contributed by atoms with E-state index in [4.69, 9.17) is 0 Å². The van der Waals surface area contributed by atoms with Crippen LogP contribution >= 0.6 is 0 Å². The van der Waals surface area contributed by atoms with Gasteiger partial charge in [0.25, 0.3) is 5.91 Å². The van der Waals surface area contributed by atoms with E-state index in [1.807, 2.05) is 0 Å². The zero-order valence-corrected chi connectivity index (χ0v) is 12.8. The Kier molecular flexibility index (Phi) is 3.65. The number of carbonyl (C=O) groups is 1. The molecule has 0 saturated carbocycles. The maximum atomic E-state index is 13.2. The van der Waals surface area contributed by atoms with Gasteiger partial charge in [-0.1, -0.05) is 0 Å². The molecule has 25 heavy (non-hydrogen) atoms. The van der Waals surface area contributed by atoms with Crippen LogP contribution in [0.2, 0.25) is 0 Å². The number of aromatic amines is 1. The fourth-order valence-corrected chi connectivity index (χ4v) is 2.37. The number of rotatable bonds is 4. The van der Waals surface area contributed by atoms with Gasteiger partial charge in [-0.3, -0.25) is 4.79 Å². The number of amides is 1. The average molecular weight is 337 g/mol. The van der Waals surface area contributed by atoms with Crippen molar-refractivity contribution in [3.63, 3.8) is 0 Å². The van der Waals surface area contributed by atoms with Crippen LogP contribution in [-0.4, -0.2) is 35.6 Å². The summed E-state index contributed by atoms with van der Waals surface area (Å²) < 4.78 is 14.7. The van der Waals surface area contributed by atoms with Crippen LogP contribution in [0.3, 0.4) is 0 Å². The predicted molar refractivity (Wildman–Crippen MR) is 86.4 cm³/mol. The van der Waals surface area contributed by atoms with Gasteiger partial charge in [-0.05, 0) is 30.3 Å². The van der Waals surface area contributed by atoms with Crippen LogP contribution in [0.1, 0.15) is 16.2 Å². The summed E-state index contributed by atoms with van der Waals surface area (Å²) >= 11 is 0. The van der Waals surface area contributed by atoms with Crippen molar-refractivity contribution in [2.45, 2.75) is 6.54 Å². The number of hydrogen-bond acceptors (Lipinski definition) is 5. The molecule has 2 N–H and O–H groups in total. The first-order valence-corrected chi connectivity index (χ1v) is 7.42. The van der Waals surface area contributed by atoms with Crippen molar-refractivity contribution in [2.24, 2.45) is 0 Å². The smallest absolute Gasteiger partial charge is 0.253 e. The number of carbonyl (C=O) groups excluding carboxylic acids is 1. The molecule has 4 aromatic rings. The number of pyridine rings is 1. The van der Waals surface area contributed by atoms with E-state index in [1.165, 1.54) is 35.7 Å². The SMILES string of the molecule is O=C(NCc1nc2ccc(F)cc2[nH]1)c1ccc(-n2cncn2)nc1. The number of benzene rings is 1. The van der Waals surface area contributed by atoms with Crippen molar-refractivity contribution < 1.29 is 9.18 Å². The van der Waals surface area contributed by atoms with Crippen molar-refractivity contribution in [1.29, 1.82) is 0 Å². The van der Waals surface area contributed by atoms with E-state index in [0.717, 1.165) is 0 Å². The molecule has 0 aliphatic heterocycles. The molecule has 0 saturated heterocycles. The molecule has 3 heterocycles. The third kappa shape index (κ3) is 3.07. The molecule has 3 aromatic heterocycles. The minimum Gasteiger partial charge on any atom is -0.345 e. The minimum absolute atomic E-state index is 0.194. The Hall–Kier alpha value is -3.62. The number of nitrogens with one attached hydrogen (secondary N) is 2. The van der Waals surface area contributed by atoms with Crippen molar-refractivity contribution in [3.05, 3.63) is 66.4 Å². The summed E-state index contributed by atoms with van der Waals surface area (Å²) in [6.07, 6.45) is 4.38. The Labute approximate surface area is 140 Å². The van der Waals surface area contributed by atoms with Gasteiger partial charge in [0, 0.05) is 6.20 Å². The Morgan fingerprint density at radius 3 is 2.96 bits per heavy atom. The van der Waals surface area contributed by atoms with Crippen LogP contribution in [0.25, 0.3) is 16.9 Å². The normalized spacial score (nSPS) is 10.9. The van der Waals surface area contributed by atoms with E-state index in [0.29, 0.717) is 28.2 Å². The second kappa shape index (κ2) is 6.11. The summed E-state index contributed by atoms with van der Waals surface area (Å²) in [5.41, 5.74) is 1.64. The zero-order valence-electron chi connectivity index (χ0n) is 12.8. The number of fused-ring (bicyclic) bond motifs is 1. The summed E-state index contributed by atoms with van der Waals surface area (Å²) in [4.78, 5) is 27.5. The van der Waals surface area contributed by atoms with Crippen LogP contribution in [0.5, 0.6) is 0 Å². The number of halogens is 1. The highest BCUT2D eigenvalue weighted by Crippen LogP contribution is 2.13. The molecule has 124 valence electrons. The van der Waals surface area contributed by atoms with Gasteiger partial charge in [0.15, 0.2) is 5.82 Å². The van der Waals surface area contributed by atoms with E-state index in [-0.39, 0.29) is 18.3 Å². The van der Waals surface area contributed by atoms with E-state index < -0.39 is 0 Å². The fourth-order valence-electron chi connectivity index (χ4n) is 2.37. The average Bonchev–Trinajstić information content (AvgIpc) is 3.29. The fraction of sp³-hybridized carbons (Fsp3) is 0.0625. The van der Waals surface area contributed by atoms with Gasteiger partial charge in [0.05, 0.1) is 23.1 Å². The summed E-state index contributed by atoms with van der Waals surface area (Å²) in [5, 5.41) is 6.71. The molecule has 4 rings (SSSR count). The topological polar surface area (TPSA) is 101 Å². The van der Waals surface area contributed by atoms with Crippen molar-refractivity contribution in [3.8, 4) is 5.82 Å². The lowest BCUT2D eigenvalue weighted by Gasteiger charge is -2.04. The van der Waals surface area contributed by atoms with E-state index in [2.05, 4.69) is 30.4 Å². The predicted octanol–water partition coefficient (Wildman–Crippen LogP) is 1.61. The van der Waals surface area contributed by atoms with Crippen LogP contribution < -0.4 is 5.32 Å². The summed E-state index contributed by atoms with van der Waals surface area (Å²) in [6.45, 7) is 0.194. The van der Waals surface area contributed by atoms with E-state index >= 15 is 0 Å². The number of hydrogen-bond donors (Lipinski definition) is 2. The lowest BCUT2D eigenvalue weighted by Crippen LogP contribution is -2.23. The lowest BCUT2D eigenvalue weighted by atomic mass is 10.2. The molecular formula is C16H12FN7O. The largest absolute Gasteiger partial charge is 0.345 e. The lowest BCUT2D eigenvalue weighted by molar-refractivity contribution is 0.0949. The molecule has 0 atom stereocenters. The van der Waals surface area contributed by atoms with Crippen molar-refractivity contribution >= 4 is 16.9 Å². The van der Waals surface area contributed by atoms with Gasteiger partial charge in [0.2, 0.25) is 0 Å². The molecule has 1 amide bonds. The van der Waals surface area contributed by atoms with E-state index in [1.54, 1.807) is 18.2 Å². The van der Waals surface area contributed by atoms with Crippen LogP contribution in [0, 0.1) is 5.82 Å². The first-order valence-electron chi connectivity index (χ1n) is 7.42. The molecule has 0 fully saturated rings. The molecule has 0 unspecified atom stereocenters. The molecule has 0 aliphatic rings. The first kappa shape index (κ1) is 14.9. The Morgan fingerprint density at radius 2 is 2.20 bits per heavy atom. The van der Waals surface area contributed by atoms with Gasteiger partial charge in [-0.15, -0.1) is 0 Å². The van der Waals surface area contributed by atoms with Crippen molar-refractivity contribution in [1.82, 2.24) is 35.0 Å². The van der Waals surface area contributed by atoms with Gasteiger partial charge in [-0.2, -0.15) is 5.10 Å². The van der Waals surface area contributed by atoms with Gasteiger partial charge >= 0.3 is 0 Å². The molecular weight excluding hydrogens is 325 g/mol. The summed E-state index contributed by atoms with van der Waals surface area (Å²) in [7, 11) is 0. The quantitative estimate of drug-likeness (QED) is 0.589. The minimum atomic E-state index is -0.342. The summed E-state index contributed by atoms with van der Waals surface area (Å²) in [5.74, 6) is 0.476. The molecule has 0 radical (unpaired) electrons. The zero-order chi connectivity index (χ0) is 17.2. The summed E-state index contributed by atoms with van der Waals surface area (Å²) in [6, 6.07) is 7.61. The Morgan fingerprint density at radius 1 is 1.28 bits per heavy atom. The van der Waals surface area contributed by atoms with E-state index in [9.17, 15) is 9.18 Å². The third-order valence-corrected chi connectivity index (χ3v) is 3.57. The maximum Gasteiger partial charge on any atom is 0.253 e. The van der Waals surface area contributed by atoms with Gasteiger partial charge < -0.3 is 10.3 Å². The highest BCUT2D eigenvalue weighted by atomic mass is 19.1. The van der Waals surface area contributed by atoms with Crippen molar-refractivity contribution in [2.75, 3.05) is 0 Å². The highest BCUT2D eigenvalue weighted by molar-refractivity contribution is 5.93.